The molecule has 3 unspecified atom stereocenters. The van der Waals surface area contributed by atoms with Crippen molar-refractivity contribution in [3.05, 3.63) is 60.7 Å². The molecule has 0 spiro atoms. The van der Waals surface area contributed by atoms with Crippen LogP contribution in [0.5, 0.6) is 0 Å². The van der Waals surface area contributed by atoms with E-state index >= 15 is 0 Å². The molecule has 2 aromatic carbocycles. The predicted octanol–water partition coefficient (Wildman–Crippen LogP) is 3.42. The molecule has 0 aromatic heterocycles. The average molecular weight is 482 g/mol. The quantitative estimate of drug-likeness (QED) is 0.490. The van der Waals surface area contributed by atoms with E-state index in [9.17, 15) is 9.90 Å². The Morgan fingerprint density at radius 2 is 1.50 bits per heavy atom. The van der Waals surface area contributed by atoms with Gasteiger partial charge in [0.2, 0.25) is 0 Å². The van der Waals surface area contributed by atoms with Gasteiger partial charge >= 0.3 is 0 Å². The highest BCUT2D eigenvalue weighted by molar-refractivity contribution is 14.1. The molecule has 0 bridgehead atoms. The van der Waals surface area contributed by atoms with E-state index in [-0.39, 0.29) is 11.1 Å². The van der Waals surface area contributed by atoms with Crippen molar-refractivity contribution in [2.75, 3.05) is 0 Å². The maximum atomic E-state index is 12.2. The van der Waals surface area contributed by atoms with Crippen LogP contribution in [0.1, 0.15) is 33.1 Å². The minimum atomic E-state index is -2.98. The average Bonchev–Trinajstić information content (AvgIpc) is 3.00. The summed E-state index contributed by atoms with van der Waals surface area (Å²) in [7, 11) is -2.98. The maximum Gasteiger partial charge on any atom is 0.258 e. The Bertz CT molecular complexity index is 668. The van der Waals surface area contributed by atoms with Gasteiger partial charge < -0.3 is 13.0 Å². The molecule has 3 nitrogen and oxygen atoms in total. The van der Waals surface area contributed by atoms with E-state index in [1.807, 2.05) is 59.4 Å². The highest BCUT2D eigenvalue weighted by Gasteiger charge is 2.51. The molecule has 2 aromatic rings. The number of hydrogen-bond acceptors (Lipinski definition) is 3. The van der Waals surface area contributed by atoms with Crippen molar-refractivity contribution in [2.24, 2.45) is 5.92 Å². The van der Waals surface area contributed by atoms with Gasteiger partial charge in [-0.05, 0) is 40.6 Å². The molecule has 0 amide bonds. The van der Waals surface area contributed by atoms with Crippen molar-refractivity contribution >= 4 is 41.7 Å². The zero-order valence-electron chi connectivity index (χ0n) is 15.3. The summed E-state index contributed by atoms with van der Waals surface area (Å²) in [5, 5.41) is 12.0. The van der Waals surface area contributed by atoms with E-state index in [1.54, 1.807) is 0 Å². The first-order valence-corrected chi connectivity index (χ1v) is 12.0. The summed E-state index contributed by atoms with van der Waals surface area (Å²) in [6, 6.07) is 20.2. The number of halogens is 1. The molecule has 1 fully saturated rings. The van der Waals surface area contributed by atoms with E-state index < -0.39 is 14.4 Å². The molecule has 0 radical (unpaired) electrons. The third kappa shape index (κ3) is 3.78. The Morgan fingerprint density at radius 1 is 1.00 bits per heavy atom. The Morgan fingerprint density at radius 3 is 1.92 bits per heavy atom. The van der Waals surface area contributed by atoms with Crippen molar-refractivity contribution in [1.29, 1.82) is 0 Å². The van der Waals surface area contributed by atoms with Gasteiger partial charge in [-0.15, -0.1) is 0 Å². The van der Waals surface area contributed by atoms with Crippen molar-refractivity contribution < 1.29 is 13.0 Å². The molecule has 26 heavy (non-hydrogen) atoms. The first-order chi connectivity index (χ1) is 12.4. The molecule has 1 aliphatic rings. The lowest BCUT2D eigenvalue weighted by Crippen LogP contribution is -2.65. The van der Waals surface area contributed by atoms with Gasteiger partial charge in [0.1, 0.15) is 23.0 Å². The summed E-state index contributed by atoms with van der Waals surface area (Å²) in [5.41, 5.74) is 0. The first kappa shape index (κ1) is 20.0. The minimum Gasteiger partial charge on any atom is -0.424 e. The summed E-state index contributed by atoms with van der Waals surface area (Å²) in [6.45, 7) is 4.37. The van der Waals surface area contributed by atoms with Crippen LogP contribution in [0.25, 0.3) is 0 Å². The van der Waals surface area contributed by atoms with Crippen molar-refractivity contribution in [1.82, 2.24) is 0 Å². The van der Waals surface area contributed by atoms with Gasteiger partial charge in [0.05, 0.1) is 12.2 Å². The number of aliphatic hydroxyl groups is 1. The van der Waals surface area contributed by atoms with Crippen LogP contribution < -0.4 is 10.4 Å². The Hall–Kier alpha value is -0.733. The van der Waals surface area contributed by atoms with E-state index in [0.717, 1.165) is 29.6 Å². The second-order valence-electron chi connectivity index (χ2n) is 8.06. The number of rotatable bonds is 6. The van der Waals surface area contributed by atoms with E-state index in [4.69, 9.17) is 3.07 Å². The van der Waals surface area contributed by atoms with Crippen LogP contribution in [0.3, 0.4) is 0 Å². The number of benzene rings is 2. The van der Waals surface area contributed by atoms with Crippen molar-refractivity contribution in [3.63, 3.8) is 0 Å². The molecule has 3 atom stereocenters. The van der Waals surface area contributed by atoms with Crippen LogP contribution in [0.4, 0.5) is 0 Å². The number of hydrogen-bond donors (Lipinski definition) is 2. The molecule has 5 heteroatoms. The third-order valence-corrected chi connectivity index (χ3v) is 11.0. The van der Waals surface area contributed by atoms with Crippen LogP contribution in [-0.2, 0) is 3.07 Å². The summed E-state index contributed by atoms with van der Waals surface area (Å²) < 4.78 is 5.39. The van der Waals surface area contributed by atoms with Crippen molar-refractivity contribution in [2.45, 2.75) is 50.4 Å². The molecule has 2 N–H and O–H groups in total. The van der Waals surface area contributed by atoms with Gasteiger partial charge in [0, 0.05) is 0 Å². The SMILES string of the molecule is CC(C)(CC1CC(O)C(OI)C1)[Si](O)(c1ccccc1)c1ccccc1. The van der Waals surface area contributed by atoms with E-state index in [2.05, 4.69) is 38.1 Å². The second-order valence-corrected chi connectivity index (χ2v) is 12.5. The molecular formula is C21H27IO3Si. The monoisotopic (exact) mass is 482 g/mol. The fourth-order valence-corrected chi connectivity index (χ4v) is 8.89. The molecule has 0 heterocycles. The molecule has 140 valence electrons. The van der Waals surface area contributed by atoms with Crippen LogP contribution in [0.15, 0.2) is 60.7 Å². The number of aliphatic hydroxyl groups excluding tert-OH is 1. The lowest BCUT2D eigenvalue weighted by Gasteiger charge is -2.42. The highest BCUT2D eigenvalue weighted by atomic mass is 127. The topological polar surface area (TPSA) is 49.7 Å². The molecule has 1 saturated carbocycles. The van der Waals surface area contributed by atoms with Gasteiger partial charge in [-0.2, -0.15) is 0 Å². The lowest BCUT2D eigenvalue weighted by molar-refractivity contribution is 0.0876. The highest BCUT2D eigenvalue weighted by Crippen LogP contribution is 2.46. The fourth-order valence-electron chi connectivity index (χ4n) is 4.51. The molecule has 1 aliphatic carbocycles. The molecular weight excluding hydrogens is 455 g/mol. The van der Waals surface area contributed by atoms with Gasteiger partial charge in [-0.25, -0.2) is 0 Å². The lowest BCUT2D eigenvalue weighted by atomic mass is 9.95. The zero-order chi connectivity index (χ0) is 18.8. The Balaban J connectivity index is 1.96. The zero-order valence-corrected chi connectivity index (χ0v) is 18.5. The van der Waals surface area contributed by atoms with Crippen LogP contribution in [-0.4, -0.2) is 30.4 Å². The fraction of sp³-hybridized carbons (Fsp3) is 0.429. The third-order valence-electron chi connectivity index (χ3n) is 5.85. The standard InChI is InChI=1S/C21H27IO3Si/c1-21(2,15-16-13-19(23)20(14-16)25-22)26(24,17-9-5-3-6-10-17)18-11-7-4-8-12-18/h3-12,16,19-20,23-24H,13-15H2,1-2H3. The van der Waals surface area contributed by atoms with Gasteiger partial charge in [0.15, 0.2) is 0 Å². The minimum absolute atomic E-state index is 0.0976. The van der Waals surface area contributed by atoms with E-state index in [1.165, 1.54) is 0 Å². The molecule has 0 saturated heterocycles. The molecule has 0 aliphatic heterocycles. The predicted molar refractivity (Wildman–Crippen MR) is 116 cm³/mol. The maximum absolute atomic E-state index is 12.2. The van der Waals surface area contributed by atoms with Crippen LogP contribution in [0, 0.1) is 5.92 Å². The Kier molecular flexibility index (Phi) is 6.24. The molecule has 3 rings (SSSR count). The van der Waals surface area contributed by atoms with Crippen LogP contribution >= 0.6 is 23.0 Å². The van der Waals surface area contributed by atoms with Gasteiger partial charge in [0.25, 0.3) is 8.32 Å². The van der Waals surface area contributed by atoms with E-state index in [0.29, 0.717) is 5.92 Å². The second kappa shape index (κ2) is 8.10. The van der Waals surface area contributed by atoms with Crippen LogP contribution in [0.2, 0.25) is 5.04 Å². The van der Waals surface area contributed by atoms with Crippen molar-refractivity contribution in [3.8, 4) is 0 Å². The smallest absolute Gasteiger partial charge is 0.258 e. The summed E-state index contributed by atoms with van der Waals surface area (Å²) in [4.78, 5) is 12.2. The summed E-state index contributed by atoms with van der Waals surface area (Å²) in [6.07, 6.45) is 1.95. The largest absolute Gasteiger partial charge is 0.424 e. The Labute approximate surface area is 171 Å². The van der Waals surface area contributed by atoms with Gasteiger partial charge in [-0.1, -0.05) is 74.5 Å². The first-order valence-electron chi connectivity index (χ1n) is 9.17. The summed E-state index contributed by atoms with van der Waals surface area (Å²) >= 11 is 1.89. The van der Waals surface area contributed by atoms with Gasteiger partial charge in [-0.3, -0.25) is 0 Å². The normalized spacial score (nSPS) is 24.0. The summed E-state index contributed by atoms with van der Waals surface area (Å²) in [5.74, 6) is 0.353.